The molecule has 4 aliphatic heterocycles. The number of ether oxygens (including phenoxy) is 2. The van der Waals surface area contributed by atoms with Crippen molar-refractivity contribution in [3.8, 4) is 45.8 Å². The third kappa shape index (κ3) is 19.1. The number of pyridine rings is 4. The van der Waals surface area contributed by atoms with Crippen LogP contribution in [0.4, 0.5) is 11.6 Å². The van der Waals surface area contributed by atoms with Gasteiger partial charge < -0.3 is 29.9 Å². The van der Waals surface area contributed by atoms with E-state index < -0.39 is 8.25 Å². The Hall–Kier alpha value is -5.80. The second-order valence-corrected chi connectivity index (χ2v) is 25.2. The summed E-state index contributed by atoms with van der Waals surface area (Å²) in [6.07, 6.45) is 7.51. The molecule has 4 aliphatic rings. The molecule has 0 radical (unpaired) electrons. The van der Waals surface area contributed by atoms with E-state index in [4.69, 9.17) is 84.9 Å². The highest BCUT2D eigenvalue weighted by molar-refractivity contribution is 7.33. The zero-order valence-corrected chi connectivity index (χ0v) is 52.6. The zero-order valence-electron chi connectivity index (χ0n) is 48.7. The van der Waals surface area contributed by atoms with Gasteiger partial charge in [-0.2, -0.15) is 0 Å². The molecule has 0 spiro atoms. The van der Waals surface area contributed by atoms with E-state index in [1.165, 1.54) is 0 Å². The summed E-state index contributed by atoms with van der Waals surface area (Å²) in [5, 5.41) is 8.03. The summed E-state index contributed by atoms with van der Waals surface area (Å²) in [6, 6.07) is 26.6. The van der Waals surface area contributed by atoms with Crippen molar-refractivity contribution in [2.45, 2.75) is 52.6 Å². The fourth-order valence-corrected chi connectivity index (χ4v) is 12.9. The van der Waals surface area contributed by atoms with Crippen molar-refractivity contribution in [2.75, 3.05) is 128 Å². The number of hydrogen-bond donors (Lipinski definition) is 2. The molecule has 0 aliphatic carbocycles. The van der Waals surface area contributed by atoms with E-state index in [9.17, 15) is 14.2 Å². The SMILES string of the molecule is CC(=O)NCC1CCN(Cc2cc(Oc3ccc(N4CCN(CCO[P+](=O)OCCN5CCN(c6ccc(Oc7cc(CN8CCC(CNC(C)=O)CC8)cc(-c8cc(Cl)cc(Cl)c8)n7)cn6)CC5)CC4)nc3)nc(-c3cc(Cl)cc(Cl)c3)c2)CC1. The van der Waals surface area contributed by atoms with Crippen molar-refractivity contribution < 1.29 is 32.7 Å². The fourth-order valence-electron chi connectivity index (χ4n) is 11.3. The highest BCUT2D eigenvalue weighted by atomic mass is 35.5. The van der Waals surface area contributed by atoms with Crippen LogP contribution in [0.1, 0.15) is 50.7 Å². The average Bonchev–Trinajstić information content (AvgIpc) is 3.03. The van der Waals surface area contributed by atoms with Gasteiger partial charge in [-0.3, -0.25) is 29.2 Å². The molecule has 456 valence electrons. The number of likely N-dealkylation sites (tertiary alicyclic amines) is 2. The molecule has 8 heterocycles. The smallest absolute Gasteiger partial charge is 0.437 e. The number of benzene rings is 2. The predicted octanol–water partition coefficient (Wildman–Crippen LogP) is 11.1. The molecule has 2 amide bonds. The van der Waals surface area contributed by atoms with Crippen molar-refractivity contribution in [2.24, 2.45) is 11.8 Å². The quantitative estimate of drug-likeness (QED) is 0.0545. The molecule has 24 heteroatoms. The van der Waals surface area contributed by atoms with E-state index in [-0.39, 0.29) is 11.8 Å². The lowest BCUT2D eigenvalue weighted by Gasteiger charge is -2.35. The number of hydrogen-bond acceptors (Lipinski definition) is 17. The number of carbonyl (C=O) groups is 2. The number of nitrogens with zero attached hydrogens (tertiary/aromatic N) is 10. The lowest BCUT2D eigenvalue weighted by Crippen LogP contribution is -2.47. The Morgan fingerprint density at radius 1 is 0.512 bits per heavy atom. The van der Waals surface area contributed by atoms with Crippen LogP contribution in [0.15, 0.2) is 97.3 Å². The first-order valence-electron chi connectivity index (χ1n) is 29.5. The Balaban J connectivity index is 0.624. The molecule has 4 saturated heterocycles. The summed E-state index contributed by atoms with van der Waals surface area (Å²) in [5.74, 6) is 4.71. The fraction of sp³-hybridized carbons (Fsp3) is 0.452. The van der Waals surface area contributed by atoms with Gasteiger partial charge in [-0.1, -0.05) is 46.4 Å². The molecule has 19 nitrogen and oxygen atoms in total. The molecule has 10 rings (SSSR count). The van der Waals surface area contributed by atoms with Crippen LogP contribution in [-0.4, -0.2) is 169 Å². The predicted molar refractivity (Wildman–Crippen MR) is 338 cm³/mol. The number of halogens is 4. The molecule has 4 aromatic heterocycles. The van der Waals surface area contributed by atoms with Crippen molar-refractivity contribution in [1.82, 2.24) is 50.2 Å². The number of rotatable bonds is 24. The van der Waals surface area contributed by atoms with Crippen molar-refractivity contribution >= 4 is 78.1 Å². The molecule has 0 unspecified atom stereocenters. The van der Waals surface area contributed by atoms with Gasteiger partial charge in [0.25, 0.3) is 0 Å². The van der Waals surface area contributed by atoms with Gasteiger partial charge in [0.15, 0.2) is 0 Å². The summed E-state index contributed by atoms with van der Waals surface area (Å²) in [7, 11) is -2.25. The standard InChI is InChI=1S/C62H73Cl4N12O7P/c1-43(79)67-37-45-7-11-75(12-8-45)41-47-27-57(49-31-51(63)35-52(64)32-49)71-61(29-47)84-55-3-5-59(69-39-55)77-19-15-73(16-20-77)23-25-82-86(81)83-26-24-74-17-21-78(22-18-74)60-6-4-56(40-70-60)85-62-30-48(28-58(72-62)50-33-53(65)36-54(66)34-50)42-76-13-9-46(10-14-76)38-68-44(2)80/h3-6,27-36,39-40,45-46H,7-26,37-38,41-42H2,1-2H3,(H-,67,68,79,80)/p+1. The number of carbonyl (C=O) groups excluding carboxylic acids is 2. The van der Waals surface area contributed by atoms with E-state index in [0.717, 1.165) is 151 Å². The van der Waals surface area contributed by atoms with Crippen molar-refractivity contribution in [3.63, 3.8) is 0 Å². The monoisotopic (exact) mass is 1270 g/mol. The van der Waals surface area contributed by atoms with Crippen LogP contribution in [-0.2, 0) is 36.3 Å². The first kappa shape index (κ1) is 63.2. The Morgan fingerprint density at radius 2 is 0.895 bits per heavy atom. The highest BCUT2D eigenvalue weighted by Crippen LogP contribution is 2.34. The summed E-state index contributed by atoms with van der Waals surface area (Å²) in [6.45, 7) is 17.9. The Kier molecular flexibility index (Phi) is 22.7. The van der Waals surface area contributed by atoms with Crippen LogP contribution in [0.5, 0.6) is 23.3 Å². The second kappa shape index (κ2) is 30.9. The first-order valence-corrected chi connectivity index (χ1v) is 32.1. The van der Waals surface area contributed by atoms with Crippen LogP contribution in [0.25, 0.3) is 22.5 Å². The molecule has 2 N–H and O–H groups in total. The number of nitrogens with one attached hydrogen (secondary N) is 2. The highest BCUT2D eigenvalue weighted by Gasteiger charge is 2.27. The summed E-state index contributed by atoms with van der Waals surface area (Å²) in [4.78, 5) is 56.1. The van der Waals surface area contributed by atoms with Crippen LogP contribution in [0.2, 0.25) is 20.1 Å². The summed E-state index contributed by atoms with van der Waals surface area (Å²) < 4.78 is 36.7. The van der Waals surface area contributed by atoms with Gasteiger partial charge in [0.05, 0.1) is 23.8 Å². The molecular weight excluding hydrogens is 1200 g/mol. The maximum atomic E-state index is 12.7. The van der Waals surface area contributed by atoms with Crippen molar-refractivity contribution in [1.29, 1.82) is 0 Å². The lowest BCUT2D eigenvalue weighted by atomic mass is 9.96. The molecule has 6 aromatic rings. The molecule has 0 bridgehead atoms. The lowest BCUT2D eigenvalue weighted by molar-refractivity contribution is -0.120. The van der Waals surface area contributed by atoms with E-state index in [1.54, 1.807) is 38.4 Å². The van der Waals surface area contributed by atoms with Crippen LogP contribution < -0.4 is 29.9 Å². The maximum Gasteiger partial charge on any atom is 0.697 e. The van der Waals surface area contributed by atoms with Gasteiger partial charge in [-0.15, -0.1) is 9.05 Å². The molecule has 0 atom stereocenters. The third-order valence-corrected chi connectivity index (χ3v) is 17.7. The molecular formula is C62H74Cl4N12O7P+. The third-order valence-electron chi connectivity index (χ3n) is 16.0. The van der Waals surface area contributed by atoms with E-state index in [2.05, 4.69) is 52.2 Å². The molecule has 86 heavy (non-hydrogen) atoms. The van der Waals surface area contributed by atoms with Gasteiger partial charge >= 0.3 is 8.25 Å². The topological polar surface area (TPSA) is 183 Å². The number of amides is 2. The minimum absolute atomic E-state index is 0.00962. The van der Waals surface area contributed by atoms with Crippen LogP contribution in [0.3, 0.4) is 0 Å². The van der Waals surface area contributed by atoms with Gasteiger partial charge in [0.2, 0.25) is 23.6 Å². The second-order valence-electron chi connectivity index (χ2n) is 22.5. The van der Waals surface area contributed by atoms with Crippen LogP contribution >= 0.6 is 54.7 Å². The van der Waals surface area contributed by atoms with Gasteiger partial charge in [-0.25, -0.2) is 19.9 Å². The van der Waals surface area contributed by atoms with E-state index in [1.807, 2.05) is 60.7 Å². The molecule has 0 saturated carbocycles. The largest absolute Gasteiger partial charge is 0.697 e. The van der Waals surface area contributed by atoms with Gasteiger partial charge in [0.1, 0.15) is 36.3 Å². The molecule has 4 fully saturated rings. The zero-order chi connectivity index (χ0) is 59.9. The number of anilines is 2. The van der Waals surface area contributed by atoms with Crippen molar-refractivity contribution in [3.05, 3.63) is 129 Å². The summed E-state index contributed by atoms with van der Waals surface area (Å²) >= 11 is 25.7. The number of piperidine rings is 2. The number of piperazine rings is 2. The minimum Gasteiger partial charge on any atom is -0.437 e. The Labute approximate surface area is 524 Å². The van der Waals surface area contributed by atoms with E-state index in [0.29, 0.717) is 106 Å². The Bertz CT molecular complexity index is 3000. The summed E-state index contributed by atoms with van der Waals surface area (Å²) in [5.41, 5.74) is 5.11. The normalized spacial score (nSPS) is 17.0. The van der Waals surface area contributed by atoms with Gasteiger partial charge in [-0.05, 0) is 148 Å². The van der Waals surface area contributed by atoms with Gasteiger partial charge in [0, 0.05) is 153 Å². The van der Waals surface area contributed by atoms with Crippen LogP contribution in [0, 0.1) is 11.8 Å². The minimum atomic E-state index is -2.25. The Morgan fingerprint density at radius 3 is 1.24 bits per heavy atom. The maximum absolute atomic E-state index is 12.7. The number of aromatic nitrogens is 4. The molecule has 2 aromatic carbocycles. The first-order chi connectivity index (χ1) is 41.7. The van der Waals surface area contributed by atoms with E-state index >= 15 is 0 Å². The average molecular weight is 1270 g/mol.